The molecule has 1 aromatic rings. The van der Waals surface area contributed by atoms with E-state index in [9.17, 15) is 14.9 Å². The van der Waals surface area contributed by atoms with Gasteiger partial charge in [-0.05, 0) is 32.5 Å². The fourth-order valence-electron chi connectivity index (χ4n) is 1.80. The average Bonchev–Trinajstić information content (AvgIpc) is 2.37. The third-order valence-corrected chi connectivity index (χ3v) is 3.00. The van der Waals surface area contributed by atoms with E-state index in [1.807, 2.05) is 0 Å². The number of hydrogen-bond acceptors (Lipinski definition) is 5. The lowest BCUT2D eigenvalue weighted by Crippen LogP contribution is -2.35. The molecule has 0 amide bonds. The van der Waals surface area contributed by atoms with Gasteiger partial charge in [0.15, 0.2) is 0 Å². The molecule has 0 aliphatic rings. The monoisotopic (exact) mass is 282 g/mol. The second kappa shape index (κ2) is 6.85. The number of nitro benzene ring substituents is 1. The average molecular weight is 282 g/mol. The summed E-state index contributed by atoms with van der Waals surface area (Å²) in [4.78, 5) is 21.2. The number of carboxylic acid groups (broad SMARTS) is 1. The highest BCUT2D eigenvalue weighted by Gasteiger charge is 2.16. The predicted octanol–water partition coefficient (Wildman–Crippen LogP) is 1.65. The summed E-state index contributed by atoms with van der Waals surface area (Å²) in [7, 11) is 1.57. The van der Waals surface area contributed by atoms with Gasteiger partial charge in [-0.3, -0.25) is 14.9 Å². The third-order valence-electron chi connectivity index (χ3n) is 3.00. The highest BCUT2D eigenvalue weighted by Crippen LogP contribution is 2.27. The molecule has 1 rings (SSSR count). The number of ether oxygens (including phenoxy) is 1. The van der Waals surface area contributed by atoms with E-state index in [0.29, 0.717) is 23.3 Å². The number of nitro groups is 1. The lowest BCUT2D eigenvalue weighted by atomic mass is 10.1. The molecule has 0 saturated heterocycles. The Morgan fingerprint density at radius 3 is 2.60 bits per heavy atom. The van der Waals surface area contributed by atoms with Crippen molar-refractivity contribution in [3.63, 3.8) is 0 Å². The summed E-state index contributed by atoms with van der Waals surface area (Å²) >= 11 is 0. The fraction of sp³-hybridized carbons (Fsp3) is 0.462. The molecule has 2 N–H and O–H groups in total. The molecule has 0 bridgehead atoms. The molecule has 7 nitrogen and oxygen atoms in total. The van der Waals surface area contributed by atoms with Crippen molar-refractivity contribution >= 4 is 11.7 Å². The number of aryl methyl sites for hydroxylation is 2. The van der Waals surface area contributed by atoms with E-state index in [1.165, 1.54) is 6.07 Å². The van der Waals surface area contributed by atoms with E-state index < -0.39 is 16.9 Å². The minimum absolute atomic E-state index is 0.0495. The highest BCUT2D eigenvalue weighted by atomic mass is 16.6. The minimum atomic E-state index is -0.937. The Hall–Kier alpha value is -2.15. The van der Waals surface area contributed by atoms with Crippen molar-refractivity contribution in [2.75, 3.05) is 13.7 Å². The van der Waals surface area contributed by atoms with Crippen LogP contribution in [0, 0.1) is 24.0 Å². The molecule has 110 valence electrons. The summed E-state index contributed by atoms with van der Waals surface area (Å²) in [6.07, 6.45) is 0.307. The van der Waals surface area contributed by atoms with Crippen LogP contribution in [0.25, 0.3) is 0 Å². The van der Waals surface area contributed by atoms with Crippen molar-refractivity contribution in [2.45, 2.75) is 26.3 Å². The maximum absolute atomic E-state index is 10.8. The van der Waals surface area contributed by atoms with Crippen LogP contribution in [0.1, 0.15) is 17.5 Å². The van der Waals surface area contributed by atoms with Gasteiger partial charge in [0, 0.05) is 18.1 Å². The Balaban J connectivity index is 2.72. The zero-order valence-corrected chi connectivity index (χ0v) is 11.7. The first kappa shape index (κ1) is 15.9. The lowest BCUT2D eigenvalue weighted by Gasteiger charge is -2.13. The summed E-state index contributed by atoms with van der Waals surface area (Å²) in [5.74, 6) is -0.402. The topological polar surface area (TPSA) is 102 Å². The Kier molecular flexibility index (Phi) is 5.45. The van der Waals surface area contributed by atoms with Crippen molar-refractivity contribution < 1.29 is 19.6 Å². The SMILES string of the molecule is CNC(CCOc1cc(C)c([N+](=O)[O-])cc1C)C(=O)O. The molecule has 1 atom stereocenters. The molecule has 0 heterocycles. The Bertz CT molecular complexity index is 516. The second-order valence-corrected chi connectivity index (χ2v) is 4.48. The standard InChI is InChI=1S/C13H18N2O5/c1-8-7-12(9(2)6-11(8)15(18)19)20-5-4-10(14-3)13(16)17/h6-7,10,14H,4-5H2,1-3H3,(H,16,17). The molecule has 0 saturated carbocycles. The molecular formula is C13H18N2O5. The molecule has 0 aliphatic carbocycles. The Morgan fingerprint density at radius 1 is 1.45 bits per heavy atom. The minimum Gasteiger partial charge on any atom is -0.493 e. The first-order valence-electron chi connectivity index (χ1n) is 6.15. The number of rotatable bonds is 7. The van der Waals surface area contributed by atoms with Crippen LogP contribution < -0.4 is 10.1 Å². The molecule has 0 spiro atoms. The van der Waals surface area contributed by atoms with E-state index in [4.69, 9.17) is 9.84 Å². The van der Waals surface area contributed by atoms with E-state index >= 15 is 0 Å². The molecule has 1 unspecified atom stereocenters. The molecule has 0 fully saturated rings. The summed E-state index contributed by atoms with van der Waals surface area (Å²) in [6, 6.07) is 2.38. The largest absolute Gasteiger partial charge is 0.493 e. The van der Waals surface area contributed by atoms with Crippen LogP contribution in [0.5, 0.6) is 5.75 Å². The van der Waals surface area contributed by atoms with Gasteiger partial charge >= 0.3 is 5.97 Å². The highest BCUT2D eigenvalue weighted by molar-refractivity contribution is 5.73. The van der Waals surface area contributed by atoms with E-state index in [0.717, 1.165) is 0 Å². The normalized spacial score (nSPS) is 11.9. The zero-order valence-electron chi connectivity index (χ0n) is 11.7. The lowest BCUT2D eigenvalue weighted by molar-refractivity contribution is -0.385. The molecular weight excluding hydrogens is 264 g/mol. The maximum Gasteiger partial charge on any atom is 0.320 e. The van der Waals surface area contributed by atoms with Crippen LogP contribution in [-0.2, 0) is 4.79 Å². The number of likely N-dealkylation sites (N-methyl/N-ethyl adjacent to an activating group) is 1. The van der Waals surface area contributed by atoms with Gasteiger partial charge in [0.2, 0.25) is 0 Å². The maximum atomic E-state index is 10.8. The molecule has 20 heavy (non-hydrogen) atoms. The molecule has 0 aromatic heterocycles. The first-order chi connectivity index (χ1) is 9.36. The quantitative estimate of drug-likeness (QED) is 0.582. The number of hydrogen-bond donors (Lipinski definition) is 2. The van der Waals surface area contributed by atoms with Gasteiger partial charge in [0.25, 0.3) is 5.69 Å². The van der Waals surface area contributed by atoms with Gasteiger partial charge in [-0.15, -0.1) is 0 Å². The van der Waals surface area contributed by atoms with Gasteiger partial charge in [-0.2, -0.15) is 0 Å². The van der Waals surface area contributed by atoms with Gasteiger partial charge in [-0.1, -0.05) is 0 Å². The van der Waals surface area contributed by atoms with Crippen LogP contribution in [0.3, 0.4) is 0 Å². The molecule has 0 aliphatic heterocycles. The predicted molar refractivity (Wildman–Crippen MR) is 73.2 cm³/mol. The Morgan fingerprint density at radius 2 is 2.10 bits per heavy atom. The second-order valence-electron chi connectivity index (χ2n) is 4.48. The van der Waals surface area contributed by atoms with Crippen LogP contribution >= 0.6 is 0 Å². The summed E-state index contributed by atoms with van der Waals surface area (Å²) < 4.78 is 5.51. The van der Waals surface area contributed by atoms with Crippen LogP contribution in [0.2, 0.25) is 0 Å². The number of nitrogens with zero attached hydrogens (tertiary/aromatic N) is 1. The van der Waals surface area contributed by atoms with Crippen molar-refractivity contribution in [2.24, 2.45) is 0 Å². The van der Waals surface area contributed by atoms with Crippen molar-refractivity contribution in [3.05, 3.63) is 33.4 Å². The van der Waals surface area contributed by atoms with Crippen LogP contribution in [0.15, 0.2) is 12.1 Å². The number of benzene rings is 1. The van der Waals surface area contributed by atoms with Crippen molar-refractivity contribution in [3.8, 4) is 5.75 Å². The third kappa shape index (κ3) is 3.92. The Labute approximate surface area is 116 Å². The van der Waals surface area contributed by atoms with Crippen molar-refractivity contribution in [1.82, 2.24) is 5.32 Å². The summed E-state index contributed by atoms with van der Waals surface area (Å²) in [6.45, 7) is 3.57. The van der Waals surface area contributed by atoms with Gasteiger partial charge in [-0.25, -0.2) is 0 Å². The van der Waals surface area contributed by atoms with Crippen molar-refractivity contribution in [1.29, 1.82) is 0 Å². The molecule has 7 heteroatoms. The smallest absolute Gasteiger partial charge is 0.320 e. The summed E-state index contributed by atoms with van der Waals surface area (Å²) in [5, 5.41) is 22.3. The molecule has 0 radical (unpaired) electrons. The van der Waals surface area contributed by atoms with Crippen LogP contribution in [-0.4, -0.2) is 35.7 Å². The van der Waals surface area contributed by atoms with E-state index in [-0.39, 0.29) is 12.3 Å². The van der Waals surface area contributed by atoms with Gasteiger partial charge in [0.05, 0.1) is 11.5 Å². The number of carbonyl (C=O) groups is 1. The van der Waals surface area contributed by atoms with Gasteiger partial charge < -0.3 is 15.2 Å². The van der Waals surface area contributed by atoms with E-state index in [1.54, 1.807) is 27.0 Å². The molecule has 1 aromatic carbocycles. The number of aliphatic carboxylic acids is 1. The zero-order chi connectivity index (χ0) is 15.3. The fourth-order valence-corrected chi connectivity index (χ4v) is 1.80. The van der Waals surface area contributed by atoms with Crippen LogP contribution in [0.4, 0.5) is 5.69 Å². The van der Waals surface area contributed by atoms with Gasteiger partial charge in [0.1, 0.15) is 11.8 Å². The number of carboxylic acids is 1. The number of nitrogens with one attached hydrogen (secondary N) is 1. The summed E-state index contributed by atoms with van der Waals surface area (Å²) in [5.41, 5.74) is 1.21. The van der Waals surface area contributed by atoms with E-state index in [2.05, 4.69) is 5.32 Å². The first-order valence-corrected chi connectivity index (χ1v) is 6.15.